The van der Waals surface area contributed by atoms with Crippen LogP contribution in [0, 0.1) is 10.1 Å². The number of nitrogens with two attached hydrogens (primary N) is 3. The van der Waals surface area contributed by atoms with Crippen LogP contribution >= 0.6 is 24.2 Å². The number of thioether (sulfide) groups is 1. The van der Waals surface area contributed by atoms with E-state index < -0.39 is 17.1 Å². The Morgan fingerprint density at radius 1 is 1.19 bits per heavy atom. The summed E-state index contributed by atoms with van der Waals surface area (Å²) < 4.78 is 4.93. The molecule has 152 valence electrons. The Kier molecular flexibility index (Phi) is 16.9. The van der Waals surface area contributed by atoms with Gasteiger partial charge in [-0.25, -0.2) is 0 Å². The molecule has 0 radical (unpaired) electrons. The highest BCUT2D eigenvalue weighted by Gasteiger charge is 2.14. The van der Waals surface area contributed by atoms with Crippen LogP contribution in [-0.4, -0.2) is 53.7 Å². The van der Waals surface area contributed by atoms with E-state index in [-0.39, 0.29) is 48.9 Å². The molecule has 1 unspecified atom stereocenters. The molecule has 0 fully saturated rings. The molecule has 0 aromatic heterocycles. The molecule has 0 heterocycles. The second kappa shape index (κ2) is 16.7. The van der Waals surface area contributed by atoms with E-state index in [0.717, 1.165) is 11.8 Å². The molecule has 0 amide bonds. The Morgan fingerprint density at radius 3 is 2.46 bits per heavy atom. The first-order chi connectivity index (χ1) is 11.8. The van der Waals surface area contributed by atoms with Crippen molar-refractivity contribution in [3.05, 3.63) is 10.1 Å². The minimum Gasteiger partial charge on any atom is -0.466 e. The van der Waals surface area contributed by atoms with Crippen molar-refractivity contribution >= 4 is 41.2 Å². The monoisotopic (exact) mass is 415 g/mol. The number of rotatable bonds is 14. The summed E-state index contributed by atoms with van der Waals surface area (Å²) in [7, 11) is 0. The van der Waals surface area contributed by atoms with Gasteiger partial charge in [-0.05, 0) is 25.7 Å². The van der Waals surface area contributed by atoms with Crippen LogP contribution in [0.1, 0.15) is 32.1 Å². The fourth-order valence-electron chi connectivity index (χ4n) is 1.58. The second-order valence-electron chi connectivity index (χ2n) is 4.96. The van der Waals surface area contributed by atoms with Gasteiger partial charge in [0.1, 0.15) is 0 Å². The first kappa shape index (κ1) is 26.4. The van der Waals surface area contributed by atoms with Crippen molar-refractivity contribution in [3.63, 3.8) is 0 Å². The molecule has 13 heteroatoms. The molecule has 0 aromatic carbocycles. The normalized spacial score (nSPS) is 11.0. The fourth-order valence-corrected chi connectivity index (χ4v) is 2.38. The average Bonchev–Trinajstić information content (AvgIpc) is 2.54. The van der Waals surface area contributed by atoms with Crippen molar-refractivity contribution in [2.45, 2.75) is 38.1 Å². The first-order valence-electron chi connectivity index (χ1n) is 7.73. The van der Waals surface area contributed by atoms with E-state index >= 15 is 0 Å². The van der Waals surface area contributed by atoms with Gasteiger partial charge in [0, 0.05) is 12.3 Å². The van der Waals surface area contributed by atoms with E-state index in [4.69, 9.17) is 21.9 Å². The zero-order valence-corrected chi connectivity index (χ0v) is 16.0. The molecule has 0 saturated carbocycles. The minimum absolute atomic E-state index is 0. The summed E-state index contributed by atoms with van der Waals surface area (Å²) in [6.45, 7) is 0.534. The molecule has 0 saturated heterocycles. The summed E-state index contributed by atoms with van der Waals surface area (Å²) in [4.78, 5) is 41.0. The number of esters is 1. The number of nitrogens with zero attached hydrogens (tertiary/aromatic N) is 2. The molecule has 26 heavy (non-hydrogen) atoms. The number of carbonyl (C=O) groups excluding carboxylic acids is 2. The maximum atomic E-state index is 11.8. The predicted molar refractivity (Wildman–Crippen MR) is 100 cm³/mol. The van der Waals surface area contributed by atoms with Crippen LogP contribution in [-0.2, 0) is 19.2 Å². The lowest BCUT2D eigenvalue weighted by atomic mass is 10.2. The Hall–Kier alpha value is -1.79. The largest absolute Gasteiger partial charge is 0.466 e. The van der Waals surface area contributed by atoms with Crippen LogP contribution in [0.2, 0.25) is 0 Å². The zero-order chi connectivity index (χ0) is 19.1. The Bertz CT molecular complexity index is 464. The predicted octanol–water partition coefficient (Wildman–Crippen LogP) is -0.0293. The molecule has 0 rings (SSSR count). The van der Waals surface area contributed by atoms with E-state index in [9.17, 15) is 19.7 Å². The van der Waals surface area contributed by atoms with E-state index in [1.807, 2.05) is 0 Å². The van der Waals surface area contributed by atoms with Gasteiger partial charge in [0.15, 0.2) is 5.96 Å². The molecule has 0 bridgehead atoms. The van der Waals surface area contributed by atoms with Crippen LogP contribution in [0.3, 0.4) is 0 Å². The maximum Gasteiger partial charge on any atom is 0.306 e. The lowest BCUT2D eigenvalue weighted by molar-refractivity contribution is -0.757. The number of carbonyl (C=O) groups is 2. The van der Waals surface area contributed by atoms with E-state index in [1.165, 1.54) is 0 Å². The number of hydrogen-bond acceptors (Lipinski definition) is 9. The Labute approximate surface area is 161 Å². The smallest absolute Gasteiger partial charge is 0.306 e. The molecular formula is C13H26ClN5O6S. The van der Waals surface area contributed by atoms with Gasteiger partial charge in [0.05, 0.1) is 25.7 Å². The number of unbranched alkanes of at least 4 members (excludes halogenated alkanes) is 1. The number of guanidine groups is 1. The van der Waals surface area contributed by atoms with Gasteiger partial charge in [0.2, 0.25) is 5.12 Å². The van der Waals surface area contributed by atoms with Gasteiger partial charge in [0.25, 0.3) is 5.09 Å². The topological polar surface area (TPSA) is 186 Å². The third-order valence-electron chi connectivity index (χ3n) is 2.82. The molecule has 6 N–H and O–H groups in total. The summed E-state index contributed by atoms with van der Waals surface area (Å²) in [5, 5.41) is 8.84. The van der Waals surface area contributed by atoms with Crippen molar-refractivity contribution in [2.24, 2.45) is 22.2 Å². The van der Waals surface area contributed by atoms with Crippen molar-refractivity contribution < 1.29 is 24.3 Å². The van der Waals surface area contributed by atoms with Gasteiger partial charge in [-0.3, -0.25) is 14.6 Å². The SMILES string of the molecule is Cl.NC(N)=NCCCC(N)C(=O)SCCC(=O)OCCCCO[N+](=O)[O-]. The van der Waals surface area contributed by atoms with Gasteiger partial charge in [-0.15, -0.1) is 22.5 Å². The molecule has 11 nitrogen and oxygen atoms in total. The fraction of sp³-hybridized carbons (Fsp3) is 0.769. The molecule has 0 aliphatic carbocycles. The van der Waals surface area contributed by atoms with Crippen LogP contribution in [0.15, 0.2) is 4.99 Å². The van der Waals surface area contributed by atoms with Crippen LogP contribution in [0.5, 0.6) is 0 Å². The summed E-state index contributed by atoms with van der Waals surface area (Å²) in [5.74, 6) is -0.154. The van der Waals surface area contributed by atoms with Gasteiger partial charge < -0.3 is 26.8 Å². The highest BCUT2D eigenvalue weighted by molar-refractivity contribution is 8.13. The van der Waals surface area contributed by atoms with E-state index in [2.05, 4.69) is 9.83 Å². The Morgan fingerprint density at radius 2 is 1.85 bits per heavy atom. The minimum atomic E-state index is -0.869. The molecule has 0 aliphatic heterocycles. The lowest BCUT2D eigenvalue weighted by Gasteiger charge is -2.09. The number of ether oxygens (including phenoxy) is 1. The summed E-state index contributed by atoms with van der Waals surface area (Å²) in [5.41, 5.74) is 16.1. The highest BCUT2D eigenvalue weighted by Crippen LogP contribution is 2.10. The van der Waals surface area contributed by atoms with Crippen molar-refractivity contribution in [1.29, 1.82) is 0 Å². The van der Waals surface area contributed by atoms with E-state index in [1.54, 1.807) is 0 Å². The number of aliphatic imine (C=N–C) groups is 1. The van der Waals surface area contributed by atoms with Gasteiger partial charge in [-0.2, -0.15) is 0 Å². The van der Waals surface area contributed by atoms with Crippen LogP contribution in [0.25, 0.3) is 0 Å². The first-order valence-corrected chi connectivity index (χ1v) is 8.72. The summed E-state index contributed by atoms with van der Waals surface area (Å²) in [6.07, 6.45) is 2.01. The molecular weight excluding hydrogens is 390 g/mol. The molecule has 0 aromatic rings. The van der Waals surface area contributed by atoms with Crippen LogP contribution < -0.4 is 17.2 Å². The number of hydrogen-bond donors (Lipinski definition) is 3. The summed E-state index contributed by atoms with van der Waals surface area (Å²) in [6, 6.07) is -0.628. The average molecular weight is 416 g/mol. The standard InChI is InChI=1S/C13H25N5O6S.ClH/c14-10(4-3-6-17-13(15)16)12(20)25-9-5-11(19)23-7-1-2-8-24-18(21)22;/h10H,1-9,14H2,(H4,15,16,17);1H. The van der Waals surface area contributed by atoms with Crippen molar-refractivity contribution in [1.82, 2.24) is 0 Å². The quantitative estimate of drug-likeness (QED) is 0.0867. The van der Waals surface area contributed by atoms with Crippen molar-refractivity contribution in [3.8, 4) is 0 Å². The number of halogens is 1. The van der Waals surface area contributed by atoms with Crippen molar-refractivity contribution in [2.75, 3.05) is 25.5 Å². The van der Waals surface area contributed by atoms with Gasteiger partial charge in [-0.1, -0.05) is 11.8 Å². The second-order valence-corrected chi connectivity index (χ2v) is 6.06. The molecule has 0 spiro atoms. The van der Waals surface area contributed by atoms with E-state index in [0.29, 0.717) is 32.2 Å². The maximum absolute atomic E-state index is 11.8. The molecule has 1 atom stereocenters. The van der Waals surface area contributed by atoms with Crippen LogP contribution in [0.4, 0.5) is 0 Å². The molecule has 0 aliphatic rings. The third-order valence-corrected chi connectivity index (χ3v) is 3.81. The Balaban J connectivity index is 0. The highest BCUT2D eigenvalue weighted by atomic mass is 35.5. The lowest BCUT2D eigenvalue weighted by Crippen LogP contribution is -2.29. The third kappa shape index (κ3) is 17.0. The zero-order valence-electron chi connectivity index (χ0n) is 14.3. The summed E-state index contributed by atoms with van der Waals surface area (Å²) >= 11 is 0.983. The van der Waals surface area contributed by atoms with Gasteiger partial charge >= 0.3 is 5.97 Å².